The van der Waals surface area contributed by atoms with Crippen molar-refractivity contribution in [2.75, 3.05) is 18.6 Å². The van der Waals surface area contributed by atoms with E-state index in [1.165, 1.54) is 30.6 Å². The SMILES string of the molecule is COC(=O)CCNC(=O)c1ccc(CN(c2ccc(C(F)(F)F)cc2)c2nc(-c3ccc(Cl)cc3)c(-c3ccccc3)s2)cc1. The molecule has 230 valence electrons. The van der Waals surface area contributed by atoms with E-state index >= 15 is 0 Å². The quantitative estimate of drug-likeness (QED) is 0.153. The van der Waals surface area contributed by atoms with Gasteiger partial charge in [-0.15, -0.1) is 0 Å². The van der Waals surface area contributed by atoms with Crippen molar-refractivity contribution >= 4 is 45.6 Å². The molecular formula is C34H27ClF3N3O3S. The lowest BCUT2D eigenvalue weighted by molar-refractivity contribution is -0.140. The molecule has 0 saturated heterocycles. The van der Waals surface area contributed by atoms with Crippen molar-refractivity contribution in [3.05, 3.63) is 125 Å². The molecule has 0 aliphatic carbocycles. The normalized spacial score (nSPS) is 11.2. The average molecular weight is 650 g/mol. The second-order valence-electron chi connectivity index (χ2n) is 9.96. The summed E-state index contributed by atoms with van der Waals surface area (Å²) in [6, 6.07) is 28.9. The highest BCUT2D eigenvalue weighted by Gasteiger charge is 2.30. The van der Waals surface area contributed by atoms with E-state index in [4.69, 9.17) is 16.6 Å². The number of rotatable bonds is 10. The number of thiazole rings is 1. The molecule has 0 spiro atoms. The van der Waals surface area contributed by atoms with Crippen LogP contribution in [0.4, 0.5) is 24.0 Å². The molecule has 0 fully saturated rings. The van der Waals surface area contributed by atoms with Crippen LogP contribution in [0.25, 0.3) is 21.7 Å². The molecule has 0 saturated carbocycles. The first kappa shape index (κ1) is 31.7. The number of esters is 1. The fourth-order valence-electron chi connectivity index (χ4n) is 4.54. The van der Waals surface area contributed by atoms with Crippen LogP contribution in [0.2, 0.25) is 5.02 Å². The lowest BCUT2D eigenvalue weighted by Crippen LogP contribution is -2.26. The summed E-state index contributed by atoms with van der Waals surface area (Å²) in [7, 11) is 1.28. The third kappa shape index (κ3) is 7.89. The van der Waals surface area contributed by atoms with Gasteiger partial charge in [0.05, 0.1) is 36.2 Å². The summed E-state index contributed by atoms with van der Waals surface area (Å²) in [4.78, 5) is 31.6. The molecule has 0 unspecified atom stereocenters. The number of amides is 1. The molecule has 11 heteroatoms. The largest absolute Gasteiger partial charge is 0.469 e. The van der Waals surface area contributed by atoms with E-state index in [1.54, 1.807) is 36.4 Å². The second kappa shape index (κ2) is 14.0. The lowest BCUT2D eigenvalue weighted by Gasteiger charge is -2.23. The molecule has 0 aliphatic rings. The first-order valence-corrected chi connectivity index (χ1v) is 15.0. The molecule has 45 heavy (non-hydrogen) atoms. The van der Waals surface area contributed by atoms with Crippen molar-refractivity contribution in [2.45, 2.75) is 19.1 Å². The Labute approximate surface area is 267 Å². The first-order valence-electron chi connectivity index (χ1n) is 13.8. The van der Waals surface area contributed by atoms with Gasteiger partial charge in [-0.05, 0) is 59.7 Å². The van der Waals surface area contributed by atoms with E-state index in [0.29, 0.717) is 27.1 Å². The Balaban J connectivity index is 1.51. The molecule has 1 amide bonds. The summed E-state index contributed by atoms with van der Waals surface area (Å²) in [5.74, 6) is -0.768. The topological polar surface area (TPSA) is 71.5 Å². The molecule has 0 atom stereocenters. The number of carbonyl (C=O) groups is 2. The Morgan fingerprint density at radius 1 is 0.889 bits per heavy atom. The van der Waals surface area contributed by atoms with E-state index < -0.39 is 17.7 Å². The molecule has 5 aromatic rings. The Morgan fingerprint density at radius 2 is 1.56 bits per heavy atom. The predicted octanol–water partition coefficient (Wildman–Crippen LogP) is 8.78. The summed E-state index contributed by atoms with van der Waals surface area (Å²) in [6.45, 7) is 0.399. The van der Waals surface area contributed by atoms with Gasteiger partial charge in [-0.25, -0.2) is 4.98 Å². The Bertz CT molecular complexity index is 1760. The van der Waals surface area contributed by atoms with Crippen molar-refractivity contribution in [1.29, 1.82) is 0 Å². The maximum Gasteiger partial charge on any atom is 0.416 e. The monoisotopic (exact) mass is 649 g/mol. The average Bonchev–Trinajstić information content (AvgIpc) is 3.49. The van der Waals surface area contributed by atoms with Crippen molar-refractivity contribution in [2.24, 2.45) is 0 Å². The summed E-state index contributed by atoms with van der Waals surface area (Å²) >= 11 is 7.57. The highest BCUT2D eigenvalue weighted by Crippen LogP contribution is 2.43. The zero-order chi connectivity index (χ0) is 32.0. The standard InChI is InChI=1S/C34H27ClF3N3O3S/c1-44-29(42)19-20-39-32(43)25-9-7-22(8-10-25)21-41(28-17-13-26(14-18-28)34(36,37)38)33-40-30(23-11-15-27(35)16-12-23)31(45-33)24-5-3-2-4-6-24/h2-18H,19-21H2,1H3,(H,39,43). The van der Waals surface area contributed by atoms with Gasteiger partial charge in [0, 0.05) is 28.4 Å². The number of hydrogen-bond acceptors (Lipinski definition) is 6. The van der Waals surface area contributed by atoms with Crippen LogP contribution in [-0.4, -0.2) is 30.5 Å². The number of ether oxygens (including phenoxy) is 1. The molecule has 5 rings (SSSR count). The second-order valence-corrected chi connectivity index (χ2v) is 11.4. The molecule has 1 N–H and O–H groups in total. The molecule has 0 aliphatic heterocycles. The third-order valence-corrected chi connectivity index (χ3v) is 8.29. The number of nitrogens with zero attached hydrogens (tertiary/aromatic N) is 2. The first-order chi connectivity index (χ1) is 21.6. The van der Waals surface area contributed by atoms with Crippen LogP contribution in [0.3, 0.4) is 0 Å². The van der Waals surface area contributed by atoms with Gasteiger partial charge in [-0.1, -0.05) is 77.5 Å². The minimum atomic E-state index is -4.47. The van der Waals surface area contributed by atoms with Gasteiger partial charge in [-0.3, -0.25) is 9.59 Å². The van der Waals surface area contributed by atoms with Crippen LogP contribution < -0.4 is 10.2 Å². The van der Waals surface area contributed by atoms with E-state index in [1.807, 2.05) is 47.4 Å². The van der Waals surface area contributed by atoms with Crippen LogP contribution in [0, 0.1) is 0 Å². The summed E-state index contributed by atoms with van der Waals surface area (Å²) in [6.07, 6.45) is -4.42. The molecule has 4 aromatic carbocycles. The number of alkyl halides is 3. The summed E-state index contributed by atoms with van der Waals surface area (Å²) in [5.41, 5.74) is 3.47. The molecule has 0 radical (unpaired) electrons. The number of anilines is 2. The van der Waals surface area contributed by atoms with E-state index in [9.17, 15) is 22.8 Å². The number of hydrogen-bond donors (Lipinski definition) is 1. The van der Waals surface area contributed by atoms with Crippen LogP contribution in [-0.2, 0) is 22.3 Å². The van der Waals surface area contributed by atoms with Crippen LogP contribution >= 0.6 is 22.9 Å². The number of nitrogens with one attached hydrogen (secondary N) is 1. The van der Waals surface area contributed by atoms with Gasteiger partial charge in [0.2, 0.25) is 0 Å². The zero-order valence-corrected chi connectivity index (χ0v) is 25.5. The lowest BCUT2D eigenvalue weighted by atomic mass is 10.1. The Kier molecular flexibility index (Phi) is 9.85. The van der Waals surface area contributed by atoms with Crippen LogP contribution in [0.5, 0.6) is 0 Å². The third-order valence-electron chi connectivity index (χ3n) is 6.91. The molecular weight excluding hydrogens is 623 g/mol. The Morgan fingerprint density at radius 3 is 2.18 bits per heavy atom. The molecule has 6 nitrogen and oxygen atoms in total. The molecule has 1 aromatic heterocycles. The number of halogens is 4. The smallest absolute Gasteiger partial charge is 0.416 e. The van der Waals surface area contributed by atoms with Crippen molar-refractivity contribution in [1.82, 2.24) is 10.3 Å². The number of aromatic nitrogens is 1. The van der Waals surface area contributed by atoms with E-state index in [0.717, 1.165) is 33.7 Å². The highest BCUT2D eigenvalue weighted by atomic mass is 35.5. The summed E-state index contributed by atoms with van der Waals surface area (Å²) in [5, 5.41) is 3.84. The minimum Gasteiger partial charge on any atom is -0.469 e. The molecule has 1 heterocycles. The fourth-order valence-corrected chi connectivity index (χ4v) is 5.78. The van der Waals surface area contributed by atoms with E-state index in [-0.39, 0.29) is 25.4 Å². The fraction of sp³-hybridized carbons (Fsp3) is 0.147. The van der Waals surface area contributed by atoms with Gasteiger partial charge in [0.1, 0.15) is 0 Å². The maximum absolute atomic E-state index is 13.4. The number of carbonyl (C=O) groups excluding carboxylic acids is 2. The molecule has 0 bridgehead atoms. The van der Waals surface area contributed by atoms with Crippen LogP contribution in [0.1, 0.15) is 27.9 Å². The predicted molar refractivity (Wildman–Crippen MR) is 171 cm³/mol. The van der Waals surface area contributed by atoms with E-state index in [2.05, 4.69) is 10.1 Å². The van der Waals surface area contributed by atoms with Crippen molar-refractivity contribution < 1.29 is 27.5 Å². The number of methoxy groups -OCH3 is 1. The van der Waals surface area contributed by atoms with Gasteiger partial charge in [0.25, 0.3) is 5.91 Å². The summed E-state index contributed by atoms with van der Waals surface area (Å²) < 4.78 is 44.8. The van der Waals surface area contributed by atoms with Gasteiger partial charge in [0.15, 0.2) is 5.13 Å². The van der Waals surface area contributed by atoms with Gasteiger partial charge < -0.3 is 15.0 Å². The zero-order valence-electron chi connectivity index (χ0n) is 24.0. The number of benzene rings is 4. The van der Waals surface area contributed by atoms with Gasteiger partial charge >= 0.3 is 12.1 Å². The minimum absolute atomic E-state index is 0.0548. The van der Waals surface area contributed by atoms with Gasteiger partial charge in [-0.2, -0.15) is 13.2 Å². The maximum atomic E-state index is 13.4. The Hall–Kier alpha value is -4.67. The van der Waals surface area contributed by atoms with Crippen LogP contribution in [0.15, 0.2) is 103 Å². The van der Waals surface area contributed by atoms with Crippen molar-refractivity contribution in [3.8, 4) is 21.7 Å². The highest BCUT2D eigenvalue weighted by molar-refractivity contribution is 7.19. The van der Waals surface area contributed by atoms with Crippen molar-refractivity contribution in [3.63, 3.8) is 0 Å².